The molecule has 0 radical (unpaired) electrons. The van der Waals surface area contributed by atoms with Gasteiger partial charge in [0.15, 0.2) is 0 Å². The van der Waals surface area contributed by atoms with Crippen molar-refractivity contribution in [2.45, 2.75) is 45.1 Å². The third kappa shape index (κ3) is 4.39. The number of sulfonamides is 2. The van der Waals surface area contributed by atoms with Gasteiger partial charge in [-0.05, 0) is 62.4 Å². The second kappa shape index (κ2) is 7.85. The summed E-state index contributed by atoms with van der Waals surface area (Å²) in [7, 11) is -7.06. The van der Waals surface area contributed by atoms with Gasteiger partial charge in [-0.3, -0.25) is 4.31 Å². The molecule has 0 saturated carbocycles. The first kappa shape index (κ1) is 20.8. The fourth-order valence-electron chi connectivity index (χ4n) is 3.47. The molecule has 0 aliphatic carbocycles. The number of anilines is 1. The zero-order valence-corrected chi connectivity index (χ0v) is 18.0. The Hall–Kier alpha value is -1.90. The van der Waals surface area contributed by atoms with Crippen LogP contribution in [0.5, 0.6) is 0 Å². The van der Waals surface area contributed by atoms with E-state index in [1.165, 1.54) is 4.31 Å². The van der Waals surface area contributed by atoms with Crippen molar-refractivity contribution in [2.24, 2.45) is 0 Å². The molecule has 0 unspecified atom stereocenters. The molecule has 1 aliphatic heterocycles. The molecule has 1 heterocycles. The standard InChI is InChI=1S/C20H26N2O4S2/c1-15-7-6-8-18(11-15)14-21-28(25,26)20-13-16(2)19(12-17(20)3)22-9-4-5-10-27(22,23)24/h6-8,11-13,21H,4-5,9-10,14H2,1-3H3. The largest absolute Gasteiger partial charge is 0.270 e. The molecule has 28 heavy (non-hydrogen) atoms. The van der Waals surface area contributed by atoms with E-state index in [1.807, 2.05) is 31.2 Å². The van der Waals surface area contributed by atoms with Crippen LogP contribution in [-0.2, 0) is 26.6 Å². The van der Waals surface area contributed by atoms with E-state index in [9.17, 15) is 16.8 Å². The first-order valence-corrected chi connectivity index (χ1v) is 12.4. The summed E-state index contributed by atoms with van der Waals surface area (Å²) in [6.45, 7) is 6.03. The van der Waals surface area contributed by atoms with Gasteiger partial charge >= 0.3 is 0 Å². The molecule has 1 N–H and O–H groups in total. The Morgan fingerprint density at radius 3 is 2.46 bits per heavy atom. The van der Waals surface area contributed by atoms with Crippen molar-refractivity contribution in [2.75, 3.05) is 16.6 Å². The van der Waals surface area contributed by atoms with Gasteiger partial charge in [-0.2, -0.15) is 0 Å². The first-order chi connectivity index (χ1) is 13.1. The van der Waals surface area contributed by atoms with Gasteiger partial charge in [0, 0.05) is 13.1 Å². The predicted octanol–water partition coefficient (Wildman–Crippen LogP) is 3.02. The van der Waals surface area contributed by atoms with Gasteiger partial charge in [0.1, 0.15) is 0 Å². The number of rotatable bonds is 5. The minimum absolute atomic E-state index is 0.129. The second-order valence-corrected chi connectivity index (χ2v) is 11.1. The SMILES string of the molecule is Cc1cccc(CNS(=O)(=O)c2cc(C)c(N3CCCCS3(=O)=O)cc2C)c1. The number of nitrogens with zero attached hydrogens (tertiary/aromatic N) is 1. The molecular weight excluding hydrogens is 396 g/mol. The molecular formula is C20H26N2O4S2. The van der Waals surface area contributed by atoms with Crippen LogP contribution in [0, 0.1) is 20.8 Å². The summed E-state index contributed by atoms with van der Waals surface area (Å²) in [5.74, 6) is 0.129. The van der Waals surface area contributed by atoms with Gasteiger partial charge < -0.3 is 0 Å². The lowest BCUT2D eigenvalue weighted by atomic mass is 10.1. The molecule has 2 aromatic carbocycles. The summed E-state index contributed by atoms with van der Waals surface area (Å²) in [6.07, 6.45) is 1.46. The lowest BCUT2D eigenvalue weighted by molar-refractivity contribution is 0.574. The summed E-state index contributed by atoms with van der Waals surface area (Å²) in [5, 5.41) is 0. The van der Waals surface area contributed by atoms with Gasteiger partial charge in [0.25, 0.3) is 0 Å². The van der Waals surface area contributed by atoms with Crippen LogP contribution in [0.3, 0.4) is 0 Å². The van der Waals surface area contributed by atoms with E-state index in [4.69, 9.17) is 0 Å². The van der Waals surface area contributed by atoms with Gasteiger partial charge in [-0.1, -0.05) is 29.8 Å². The Morgan fingerprint density at radius 1 is 1.04 bits per heavy atom. The summed E-state index contributed by atoms with van der Waals surface area (Å²) in [5.41, 5.74) is 3.67. The minimum atomic E-state index is -3.72. The molecule has 3 rings (SSSR count). The van der Waals surface area contributed by atoms with E-state index in [-0.39, 0.29) is 17.2 Å². The van der Waals surface area contributed by atoms with Crippen LogP contribution in [0.15, 0.2) is 41.3 Å². The van der Waals surface area contributed by atoms with Crippen LogP contribution in [0.25, 0.3) is 0 Å². The number of nitrogens with one attached hydrogen (secondary N) is 1. The predicted molar refractivity (Wildman–Crippen MR) is 111 cm³/mol. The van der Waals surface area contributed by atoms with Crippen LogP contribution in [0.4, 0.5) is 5.69 Å². The Labute approximate surface area is 167 Å². The second-order valence-electron chi connectivity index (χ2n) is 7.31. The molecule has 0 amide bonds. The van der Waals surface area contributed by atoms with Gasteiger partial charge in [0.2, 0.25) is 20.0 Å². The Kier molecular flexibility index (Phi) is 5.84. The highest BCUT2D eigenvalue weighted by molar-refractivity contribution is 7.92. The normalized spacial score (nSPS) is 16.9. The van der Waals surface area contributed by atoms with Crippen LogP contribution in [0.1, 0.15) is 35.1 Å². The van der Waals surface area contributed by atoms with Gasteiger partial charge in [-0.15, -0.1) is 0 Å². The highest BCUT2D eigenvalue weighted by Crippen LogP contribution is 2.31. The van der Waals surface area contributed by atoms with Gasteiger partial charge in [-0.25, -0.2) is 21.6 Å². The zero-order chi connectivity index (χ0) is 20.5. The fourth-order valence-corrected chi connectivity index (χ4v) is 6.49. The van der Waals surface area contributed by atoms with Crippen molar-refractivity contribution >= 4 is 25.7 Å². The van der Waals surface area contributed by atoms with Crippen LogP contribution < -0.4 is 9.03 Å². The van der Waals surface area contributed by atoms with Crippen molar-refractivity contribution in [3.8, 4) is 0 Å². The molecule has 8 heteroatoms. The van der Waals surface area contributed by atoms with Crippen molar-refractivity contribution < 1.29 is 16.8 Å². The quantitative estimate of drug-likeness (QED) is 0.803. The summed E-state index contributed by atoms with van der Waals surface area (Å²) in [4.78, 5) is 0.177. The summed E-state index contributed by atoms with van der Waals surface area (Å²) >= 11 is 0. The summed E-state index contributed by atoms with van der Waals surface area (Å²) < 4.78 is 54.5. The van der Waals surface area contributed by atoms with E-state index in [0.717, 1.165) is 17.5 Å². The monoisotopic (exact) mass is 422 g/mol. The van der Waals surface area contributed by atoms with E-state index < -0.39 is 20.0 Å². The molecule has 0 atom stereocenters. The van der Waals surface area contributed by atoms with Crippen molar-refractivity contribution in [1.29, 1.82) is 0 Å². The maximum absolute atomic E-state index is 12.8. The van der Waals surface area contributed by atoms with Crippen LogP contribution in [-0.4, -0.2) is 29.1 Å². The zero-order valence-electron chi connectivity index (χ0n) is 16.4. The van der Waals surface area contributed by atoms with E-state index in [1.54, 1.807) is 26.0 Å². The number of benzene rings is 2. The Morgan fingerprint density at radius 2 is 1.79 bits per heavy atom. The van der Waals surface area contributed by atoms with Crippen molar-refractivity contribution in [3.63, 3.8) is 0 Å². The van der Waals surface area contributed by atoms with E-state index >= 15 is 0 Å². The highest BCUT2D eigenvalue weighted by atomic mass is 32.2. The molecule has 1 aliphatic rings. The minimum Gasteiger partial charge on any atom is -0.270 e. The Bertz CT molecular complexity index is 1090. The number of hydrogen-bond acceptors (Lipinski definition) is 4. The molecule has 152 valence electrons. The lowest BCUT2D eigenvalue weighted by Gasteiger charge is -2.30. The Balaban J connectivity index is 1.89. The number of hydrogen-bond donors (Lipinski definition) is 1. The third-order valence-corrected chi connectivity index (χ3v) is 8.35. The molecule has 0 spiro atoms. The lowest BCUT2D eigenvalue weighted by Crippen LogP contribution is -2.38. The molecule has 1 saturated heterocycles. The molecule has 1 fully saturated rings. The fraction of sp³-hybridized carbons (Fsp3) is 0.400. The molecule has 0 aromatic heterocycles. The first-order valence-electron chi connectivity index (χ1n) is 9.27. The molecule has 2 aromatic rings. The van der Waals surface area contributed by atoms with E-state index in [0.29, 0.717) is 29.8 Å². The maximum Gasteiger partial charge on any atom is 0.241 e. The van der Waals surface area contributed by atoms with Crippen molar-refractivity contribution in [1.82, 2.24) is 4.72 Å². The maximum atomic E-state index is 12.8. The summed E-state index contributed by atoms with van der Waals surface area (Å²) in [6, 6.07) is 10.9. The van der Waals surface area contributed by atoms with Crippen molar-refractivity contribution in [3.05, 3.63) is 58.7 Å². The average Bonchev–Trinajstić information content (AvgIpc) is 2.62. The van der Waals surface area contributed by atoms with Crippen LogP contribution >= 0.6 is 0 Å². The third-order valence-electron chi connectivity index (χ3n) is 4.95. The molecule has 0 bridgehead atoms. The highest BCUT2D eigenvalue weighted by Gasteiger charge is 2.28. The van der Waals surface area contributed by atoms with Gasteiger partial charge in [0.05, 0.1) is 16.3 Å². The topological polar surface area (TPSA) is 83.6 Å². The smallest absolute Gasteiger partial charge is 0.241 e. The van der Waals surface area contributed by atoms with E-state index in [2.05, 4.69) is 4.72 Å². The number of aryl methyl sites for hydroxylation is 3. The average molecular weight is 423 g/mol. The van der Waals surface area contributed by atoms with Crippen LogP contribution in [0.2, 0.25) is 0 Å². The molecule has 6 nitrogen and oxygen atoms in total.